The molecule has 5 nitrogen and oxygen atoms in total. The monoisotopic (exact) mass is 279 g/mol. The molecule has 0 amide bonds. The van der Waals surface area contributed by atoms with Crippen LogP contribution in [0.2, 0.25) is 0 Å². The van der Waals surface area contributed by atoms with Crippen molar-refractivity contribution in [2.45, 2.75) is 37.3 Å². The third-order valence-corrected chi connectivity index (χ3v) is 4.51. The second-order valence-electron chi connectivity index (χ2n) is 5.84. The maximum absolute atomic E-state index is 6.54. The lowest BCUT2D eigenvalue weighted by Gasteiger charge is -2.33. The fourth-order valence-electron chi connectivity index (χ4n) is 3.50. The van der Waals surface area contributed by atoms with Crippen LogP contribution in [0.5, 0.6) is 0 Å². The molecule has 1 aromatic rings. The smallest absolute Gasteiger partial charge is 0.180 e. The molecule has 2 N–H and O–H groups in total. The van der Waals surface area contributed by atoms with Gasteiger partial charge in [0.05, 0.1) is 0 Å². The molecule has 0 saturated heterocycles. The molecular formula is C16H17N5. The highest BCUT2D eigenvalue weighted by Crippen LogP contribution is 2.37. The van der Waals surface area contributed by atoms with Crippen molar-refractivity contribution in [1.82, 2.24) is 0 Å². The van der Waals surface area contributed by atoms with Crippen molar-refractivity contribution in [3.8, 4) is 0 Å². The van der Waals surface area contributed by atoms with Crippen LogP contribution in [-0.2, 0) is 6.42 Å². The van der Waals surface area contributed by atoms with E-state index in [0.29, 0.717) is 17.5 Å². The fourth-order valence-corrected chi connectivity index (χ4v) is 3.50. The van der Waals surface area contributed by atoms with Gasteiger partial charge in [0, 0.05) is 0 Å². The Kier molecular flexibility index (Phi) is 2.82. The molecule has 21 heavy (non-hydrogen) atoms. The molecule has 5 heteroatoms. The van der Waals surface area contributed by atoms with Gasteiger partial charge in [-0.3, -0.25) is 0 Å². The maximum Gasteiger partial charge on any atom is 0.180 e. The van der Waals surface area contributed by atoms with Gasteiger partial charge in [-0.15, -0.1) is 0 Å². The van der Waals surface area contributed by atoms with E-state index < -0.39 is 5.66 Å². The molecule has 2 atom stereocenters. The van der Waals surface area contributed by atoms with Crippen molar-refractivity contribution >= 4 is 24.2 Å². The zero-order chi connectivity index (χ0) is 14.3. The van der Waals surface area contributed by atoms with Gasteiger partial charge < -0.3 is 5.73 Å². The second-order valence-corrected chi connectivity index (χ2v) is 5.84. The fraction of sp³-hybridized carbons (Fsp3) is 0.375. The quantitative estimate of drug-likeness (QED) is 0.884. The zero-order valence-electron chi connectivity index (χ0n) is 11.7. The summed E-state index contributed by atoms with van der Waals surface area (Å²) in [6.45, 7) is 0. The van der Waals surface area contributed by atoms with Crippen molar-refractivity contribution < 1.29 is 0 Å². The van der Waals surface area contributed by atoms with Crippen LogP contribution in [0.25, 0.3) is 0 Å². The van der Waals surface area contributed by atoms with Crippen molar-refractivity contribution in [1.29, 1.82) is 0 Å². The molecule has 1 aromatic carbocycles. The summed E-state index contributed by atoms with van der Waals surface area (Å²) >= 11 is 0. The normalized spacial score (nSPS) is 29.7. The lowest BCUT2D eigenvalue weighted by atomic mass is 9.77. The largest absolute Gasteiger partial charge is 0.302 e. The summed E-state index contributed by atoms with van der Waals surface area (Å²) in [5, 5.41) is 0. The average molecular weight is 279 g/mol. The molecule has 0 bridgehead atoms. The molecule has 2 unspecified atom stereocenters. The number of fused-ring (bicyclic) bond motifs is 2. The number of rotatable bonds is 2. The van der Waals surface area contributed by atoms with Crippen molar-refractivity contribution in [3.63, 3.8) is 0 Å². The van der Waals surface area contributed by atoms with E-state index in [4.69, 9.17) is 5.73 Å². The Morgan fingerprint density at radius 1 is 1.19 bits per heavy atom. The van der Waals surface area contributed by atoms with Crippen LogP contribution in [0.1, 0.15) is 36.3 Å². The van der Waals surface area contributed by atoms with Crippen LogP contribution in [0, 0.1) is 0 Å². The second kappa shape index (κ2) is 4.70. The molecule has 0 fully saturated rings. The van der Waals surface area contributed by atoms with Crippen LogP contribution >= 0.6 is 0 Å². The number of amidine groups is 1. The van der Waals surface area contributed by atoms with Gasteiger partial charge >= 0.3 is 0 Å². The van der Waals surface area contributed by atoms with Crippen LogP contribution in [0.4, 0.5) is 0 Å². The first-order valence-corrected chi connectivity index (χ1v) is 7.36. The number of benzene rings is 1. The minimum atomic E-state index is -0.803. The highest BCUT2D eigenvalue weighted by atomic mass is 15.2. The SMILES string of the molecule is NC1(CC2CCCc3ccccc32)N=CN=C2N=CN=C21. The molecule has 2 heterocycles. The minimum Gasteiger partial charge on any atom is -0.302 e. The highest BCUT2D eigenvalue weighted by Gasteiger charge is 2.40. The first-order valence-electron chi connectivity index (χ1n) is 7.36. The van der Waals surface area contributed by atoms with E-state index in [2.05, 4.69) is 44.2 Å². The standard InChI is InChI=1S/C16H17N5/c17-16(14-15(19-9-18-14)20-10-21-16)8-12-6-3-5-11-4-1-2-7-13(11)12/h1-2,4,7,9-10,12H,3,5-6,8,17H2. The molecule has 0 saturated carbocycles. The lowest BCUT2D eigenvalue weighted by Crippen LogP contribution is -2.51. The Morgan fingerprint density at radius 2 is 2.10 bits per heavy atom. The van der Waals surface area contributed by atoms with Crippen LogP contribution < -0.4 is 5.73 Å². The van der Waals surface area contributed by atoms with E-state index in [1.807, 2.05) is 0 Å². The molecule has 2 aliphatic heterocycles. The maximum atomic E-state index is 6.54. The number of hydrogen-bond acceptors (Lipinski definition) is 5. The Morgan fingerprint density at radius 3 is 3.05 bits per heavy atom. The predicted octanol–water partition coefficient (Wildman–Crippen LogP) is 2.07. The zero-order valence-corrected chi connectivity index (χ0v) is 11.7. The highest BCUT2D eigenvalue weighted by molar-refractivity contribution is 6.50. The first kappa shape index (κ1) is 12.6. The Hall–Kier alpha value is -2.14. The summed E-state index contributed by atoms with van der Waals surface area (Å²) in [4.78, 5) is 17.0. The minimum absolute atomic E-state index is 0.416. The summed E-state index contributed by atoms with van der Waals surface area (Å²) in [7, 11) is 0. The van der Waals surface area contributed by atoms with Crippen molar-refractivity contribution in [3.05, 3.63) is 35.4 Å². The lowest BCUT2D eigenvalue weighted by molar-refractivity contribution is 0.434. The number of nitrogens with two attached hydrogens (primary N) is 1. The molecule has 0 radical (unpaired) electrons. The number of aryl methyl sites for hydroxylation is 1. The number of nitrogens with zero attached hydrogens (tertiary/aromatic N) is 4. The third kappa shape index (κ3) is 2.05. The van der Waals surface area contributed by atoms with Crippen molar-refractivity contribution in [2.24, 2.45) is 25.7 Å². The van der Waals surface area contributed by atoms with E-state index in [1.54, 1.807) is 0 Å². The molecule has 106 valence electrons. The predicted molar refractivity (Wildman–Crippen MR) is 85.5 cm³/mol. The molecular weight excluding hydrogens is 262 g/mol. The van der Waals surface area contributed by atoms with Crippen LogP contribution in [-0.4, -0.2) is 29.9 Å². The molecule has 1 aliphatic carbocycles. The van der Waals surface area contributed by atoms with Crippen LogP contribution in [0.15, 0.2) is 44.2 Å². The summed E-state index contributed by atoms with van der Waals surface area (Å²) in [6, 6.07) is 8.65. The van der Waals surface area contributed by atoms with E-state index in [0.717, 1.165) is 19.3 Å². The van der Waals surface area contributed by atoms with Gasteiger partial charge in [-0.1, -0.05) is 24.3 Å². The summed E-state index contributed by atoms with van der Waals surface area (Å²) in [6.07, 6.45) is 7.29. The van der Waals surface area contributed by atoms with E-state index >= 15 is 0 Å². The number of aliphatic imine (C=N–C) groups is 4. The summed E-state index contributed by atoms with van der Waals surface area (Å²) in [5.74, 6) is 1.02. The van der Waals surface area contributed by atoms with Gasteiger partial charge in [0.1, 0.15) is 18.4 Å². The van der Waals surface area contributed by atoms with Gasteiger partial charge in [-0.05, 0) is 42.7 Å². The average Bonchev–Trinajstić information content (AvgIpc) is 2.98. The van der Waals surface area contributed by atoms with Crippen LogP contribution in [0.3, 0.4) is 0 Å². The topological polar surface area (TPSA) is 75.5 Å². The van der Waals surface area contributed by atoms with E-state index in [9.17, 15) is 0 Å². The Balaban J connectivity index is 1.65. The molecule has 3 aliphatic rings. The van der Waals surface area contributed by atoms with Crippen molar-refractivity contribution in [2.75, 3.05) is 0 Å². The van der Waals surface area contributed by atoms with Gasteiger partial charge in [0.25, 0.3) is 0 Å². The molecule has 4 rings (SSSR count). The van der Waals surface area contributed by atoms with Gasteiger partial charge in [0.15, 0.2) is 11.5 Å². The van der Waals surface area contributed by atoms with Gasteiger partial charge in [-0.2, -0.15) is 0 Å². The van der Waals surface area contributed by atoms with Gasteiger partial charge in [0.2, 0.25) is 0 Å². The van der Waals surface area contributed by atoms with E-state index in [1.165, 1.54) is 30.2 Å². The Labute approximate surface area is 123 Å². The molecule has 0 spiro atoms. The Bertz CT molecular complexity index is 700. The molecule has 0 aromatic heterocycles. The van der Waals surface area contributed by atoms with E-state index in [-0.39, 0.29) is 0 Å². The number of hydrogen-bond donors (Lipinski definition) is 1. The summed E-state index contributed by atoms with van der Waals surface area (Å²) in [5.41, 5.74) is 9.29. The summed E-state index contributed by atoms with van der Waals surface area (Å²) < 4.78 is 0. The first-order chi connectivity index (χ1) is 10.3. The third-order valence-electron chi connectivity index (χ3n) is 4.51. The van der Waals surface area contributed by atoms with Gasteiger partial charge in [-0.25, -0.2) is 20.0 Å².